The summed E-state index contributed by atoms with van der Waals surface area (Å²) in [5.74, 6) is 0.0203. The van der Waals surface area contributed by atoms with E-state index in [1.807, 2.05) is 60.2 Å². The number of imidazole rings is 1. The third-order valence-electron chi connectivity index (χ3n) is 5.74. The van der Waals surface area contributed by atoms with Gasteiger partial charge in [0.05, 0.1) is 5.69 Å². The molecular weight excluding hydrogens is 380 g/mol. The number of hydrogen-bond acceptors (Lipinski definition) is 4. The predicted octanol–water partition coefficient (Wildman–Crippen LogP) is 2.61. The Balaban J connectivity index is 1.44. The van der Waals surface area contributed by atoms with Crippen LogP contribution in [0.15, 0.2) is 54.7 Å². The van der Waals surface area contributed by atoms with E-state index in [-0.39, 0.29) is 18.2 Å². The first kappa shape index (κ1) is 18.3. The number of carbonyl (C=O) groups is 3. The first-order valence-electron chi connectivity index (χ1n) is 9.90. The minimum Gasteiger partial charge on any atom is -0.322 e. The molecule has 3 aromatic rings. The molecule has 0 radical (unpaired) electrons. The maximum absolute atomic E-state index is 12.9. The number of imide groups is 1. The van der Waals surface area contributed by atoms with E-state index in [1.165, 1.54) is 0 Å². The van der Waals surface area contributed by atoms with Gasteiger partial charge in [0, 0.05) is 36.0 Å². The maximum atomic E-state index is 12.9. The molecule has 5 rings (SSSR count). The van der Waals surface area contributed by atoms with E-state index < -0.39 is 11.9 Å². The lowest BCUT2D eigenvalue weighted by atomic mass is 10.0. The molecule has 0 bridgehead atoms. The molecular formula is C23H20N4O3. The molecule has 7 heteroatoms. The molecule has 1 saturated heterocycles. The molecule has 0 saturated carbocycles. The molecule has 150 valence electrons. The van der Waals surface area contributed by atoms with Crippen molar-refractivity contribution in [3.05, 3.63) is 71.7 Å². The Morgan fingerprint density at radius 1 is 1.07 bits per heavy atom. The number of para-hydroxylation sites is 1. The summed E-state index contributed by atoms with van der Waals surface area (Å²) in [6, 6.07) is 15.1. The molecule has 3 amide bonds. The Morgan fingerprint density at radius 3 is 2.63 bits per heavy atom. The summed E-state index contributed by atoms with van der Waals surface area (Å²) < 4.78 is 2.03. The maximum Gasteiger partial charge on any atom is 0.255 e. The highest BCUT2D eigenvalue weighted by Crippen LogP contribution is 2.31. The molecule has 0 spiro atoms. The van der Waals surface area contributed by atoms with Crippen LogP contribution in [-0.4, -0.2) is 38.2 Å². The van der Waals surface area contributed by atoms with E-state index in [0.29, 0.717) is 18.5 Å². The molecule has 1 fully saturated rings. The van der Waals surface area contributed by atoms with Crippen molar-refractivity contribution >= 4 is 17.7 Å². The summed E-state index contributed by atoms with van der Waals surface area (Å²) in [4.78, 5) is 42.7. The zero-order chi connectivity index (χ0) is 20.8. The van der Waals surface area contributed by atoms with E-state index in [0.717, 1.165) is 28.3 Å². The van der Waals surface area contributed by atoms with Gasteiger partial charge in [-0.15, -0.1) is 0 Å². The molecule has 3 heterocycles. The zero-order valence-electron chi connectivity index (χ0n) is 16.5. The number of fused-ring (bicyclic) bond motifs is 1. The smallest absolute Gasteiger partial charge is 0.255 e. The number of rotatable bonds is 3. The second-order valence-corrected chi connectivity index (χ2v) is 7.65. The summed E-state index contributed by atoms with van der Waals surface area (Å²) >= 11 is 0. The highest BCUT2D eigenvalue weighted by molar-refractivity contribution is 6.05. The number of piperidine rings is 1. The number of nitrogens with one attached hydrogen (secondary N) is 1. The summed E-state index contributed by atoms with van der Waals surface area (Å²) in [5.41, 5.74) is 4.25. The van der Waals surface area contributed by atoms with Crippen molar-refractivity contribution in [3.8, 4) is 16.9 Å². The lowest BCUT2D eigenvalue weighted by Gasteiger charge is -2.29. The van der Waals surface area contributed by atoms with Crippen molar-refractivity contribution in [2.24, 2.45) is 0 Å². The average molecular weight is 400 g/mol. The Bertz CT molecular complexity index is 1180. The van der Waals surface area contributed by atoms with Crippen LogP contribution in [0.2, 0.25) is 0 Å². The third kappa shape index (κ3) is 2.99. The number of carbonyl (C=O) groups excluding carboxylic acids is 3. The second kappa shape index (κ2) is 6.95. The van der Waals surface area contributed by atoms with Gasteiger partial charge in [0.1, 0.15) is 11.9 Å². The van der Waals surface area contributed by atoms with E-state index in [2.05, 4.69) is 5.32 Å². The van der Waals surface area contributed by atoms with Gasteiger partial charge in [-0.25, -0.2) is 4.98 Å². The summed E-state index contributed by atoms with van der Waals surface area (Å²) in [6.07, 6.45) is 2.59. The fraction of sp³-hybridized carbons (Fsp3) is 0.217. The Hall–Kier alpha value is -3.74. The van der Waals surface area contributed by atoms with E-state index in [1.54, 1.807) is 11.0 Å². The number of nitrogens with zero attached hydrogens (tertiary/aromatic N) is 3. The van der Waals surface area contributed by atoms with Crippen LogP contribution in [0.4, 0.5) is 0 Å². The first-order valence-corrected chi connectivity index (χ1v) is 9.90. The fourth-order valence-corrected chi connectivity index (χ4v) is 4.20. The summed E-state index contributed by atoms with van der Waals surface area (Å²) in [5, 5.41) is 2.33. The normalized spacial score (nSPS) is 18.5. The fourth-order valence-electron chi connectivity index (χ4n) is 4.20. The monoisotopic (exact) mass is 400 g/mol. The minimum atomic E-state index is -0.606. The number of aromatic nitrogens is 2. The van der Waals surface area contributed by atoms with Crippen LogP contribution < -0.4 is 5.32 Å². The first-order chi connectivity index (χ1) is 14.5. The van der Waals surface area contributed by atoms with Gasteiger partial charge in [0.15, 0.2) is 0 Å². The highest BCUT2D eigenvalue weighted by atomic mass is 16.2. The van der Waals surface area contributed by atoms with Gasteiger partial charge < -0.3 is 9.47 Å². The van der Waals surface area contributed by atoms with Gasteiger partial charge in [-0.1, -0.05) is 24.3 Å². The van der Waals surface area contributed by atoms with Gasteiger partial charge in [0.2, 0.25) is 11.8 Å². The van der Waals surface area contributed by atoms with Gasteiger partial charge >= 0.3 is 0 Å². The van der Waals surface area contributed by atoms with Crippen molar-refractivity contribution in [3.63, 3.8) is 0 Å². The summed E-state index contributed by atoms with van der Waals surface area (Å²) in [7, 11) is 0. The van der Waals surface area contributed by atoms with Crippen LogP contribution in [0.5, 0.6) is 0 Å². The van der Waals surface area contributed by atoms with Crippen LogP contribution in [0, 0.1) is 6.92 Å². The van der Waals surface area contributed by atoms with E-state index in [4.69, 9.17) is 4.98 Å². The lowest BCUT2D eigenvalue weighted by molar-refractivity contribution is -0.136. The highest BCUT2D eigenvalue weighted by Gasteiger charge is 2.39. The largest absolute Gasteiger partial charge is 0.322 e. The van der Waals surface area contributed by atoms with Crippen molar-refractivity contribution in [1.29, 1.82) is 0 Å². The van der Waals surface area contributed by atoms with Crippen LogP contribution >= 0.6 is 0 Å². The molecule has 2 aliphatic rings. The molecule has 0 aliphatic carbocycles. The van der Waals surface area contributed by atoms with Crippen LogP contribution in [0.1, 0.15) is 34.6 Å². The van der Waals surface area contributed by atoms with Crippen molar-refractivity contribution in [2.75, 3.05) is 0 Å². The minimum absolute atomic E-state index is 0.169. The molecule has 1 unspecified atom stereocenters. The number of benzene rings is 2. The SMILES string of the molecule is Cc1nc(-c2ccc3c(c2)CN(C2CCC(=O)NC2=O)C3=O)cn1-c1ccccc1. The molecule has 30 heavy (non-hydrogen) atoms. The molecule has 1 N–H and O–H groups in total. The number of hydrogen-bond donors (Lipinski definition) is 1. The standard InChI is InChI=1S/C23H20N4O3/c1-14-24-19(13-26(14)17-5-3-2-4-6-17)15-7-8-18-16(11-15)12-27(23(18)30)20-9-10-21(28)25-22(20)29/h2-8,11,13,20H,9-10,12H2,1H3,(H,25,28,29). The lowest BCUT2D eigenvalue weighted by Crippen LogP contribution is -2.52. The predicted molar refractivity (Wildman–Crippen MR) is 110 cm³/mol. The Morgan fingerprint density at radius 2 is 1.87 bits per heavy atom. The Kier molecular flexibility index (Phi) is 4.24. The van der Waals surface area contributed by atoms with Gasteiger partial charge in [-0.05, 0) is 43.2 Å². The average Bonchev–Trinajstić information content (AvgIpc) is 3.29. The molecule has 2 aliphatic heterocycles. The molecule has 1 atom stereocenters. The van der Waals surface area contributed by atoms with E-state index in [9.17, 15) is 14.4 Å². The number of amides is 3. The molecule has 7 nitrogen and oxygen atoms in total. The van der Waals surface area contributed by atoms with Crippen LogP contribution in [0.25, 0.3) is 16.9 Å². The number of aryl methyl sites for hydroxylation is 1. The van der Waals surface area contributed by atoms with E-state index >= 15 is 0 Å². The van der Waals surface area contributed by atoms with Crippen molar-refractivity contribution in [2.45, 2.75) is 32.4 Å². The third-order valence-corrected chi connectivity index (χ3v) is 5.74. The molecule has 2 aromatic carbocycles. The second-order valence-electron chi connectivity index (χ2n) is 7.65. The quantitative estimate of drug-likeness (QED) is 0.685. The zero-order valence-corrected chi connectivity index (χ0v) is 16.5. The Labute approximate surface area is 173 Å². The van der Waals surface area contributed by atoms with Gasteiger partial charge in [0.25, 0.3) is 5.91 Å². The molecule has 1 aromatic heterocycles. The topological polar surface area (TPSA) is 84.3 Å². The van der Waals surface area contributed by atoms with Crippen LogP contribution in [0.3, 0.4) is 0 Å². The van der Waals surface area contributed by atoms with Crippen LogP contribution in [-0.2, 0) is 16.1 Å². The van der Waals surface area contributed by atoms with Gasteiger partial charge in [-0.2, -0.15) is 0 Å². The summed E-state index contributed by atoms with van der Waals surface area (Å²) in [6.45, 7) is 2.31. The van der Waals surface area contributed by atoms with Gasteiger partial charge in [-0.3, -0.25) is 19.7 Å². The van der Waals surface area contributed by atoms with Crippen molar-refractivity contribution in [1.82, 2.24) is 19.8 Å². The van der Waals surface area contributed by atoms with Crippen molar-refractivity contribution < 1.29 is 14.4 Å².